The molecule has 2 aromatic heterocycles. The fourth-order valence-electron chi connectivity index (χ4n) is 4.60. The molecule has 0 unspecified atom stereocenters. The van der Waals surface area contributed by atoms with Crippen molar-refractivity contribution in [2.24, 2.45) is 0 Å². The zero-order valence-electron chi connectivity index (χ0n) is 21.8. The summed E-state index contributed by atoms with van der Waals surface area (Å²) in [5, 5.41) is 3.77. The number of anilines is 2. The number of hydrogen-bond acceptors (Lipinski definition) is 8. The summed E-state index contributed by atoms with van der Waals surface area (Å²) in [4.78, 5) is 18.2. The van der Waals surface area contributed by atoms with Crippen LogP contribution in [0.15, 0.2) is 83.4 Å². The Kier molecular flexibility index (Phi) is 7.46. The quantitative estimate of drug-likeness (QED) is 0.225. The van der Waals surface area contributed by atoms with Gasteiger partial charge in [-0.3, -0.25) is 9.71 Å². The topological polar surface area (TPSA) is 123 Å². The minimum absolute atomic E-state index is 0.274. The van der Waals surface area contributed by atoms with Crippen LogP contribution < -0.4 is 19.7 Å². The number of aromatic nitrogens is 1. The molecule has 0 aliphatic carbocycles. The minimum atomic E-state index is -3.58. The number of nitrogens with one attached hydrogen (secondary N) is 2. The highest BCUT2D eigenvalue weighted by Gasteiger charge is 2.42. The van der Waals surface area contributed by atoms with Crippen LogP contribution in [0.1, 0.15) is 33.9 Å². The third kappa shape index (κ3) is 5.49. The molecule has 0 bridgehead atoms. The number of hydrogen-bond donors (Lipinski definition) is 2. The maximum Gasteiger partial charge on any atom is 0.337 e. The van der Waals surface area contributed by atoms with Crippen molar-refractivity contribution in [3.8, 4) is 17.1 Å². The number of rotatable bonds is 8. The predicted molar refractivity (Wildman–Crippen MR) is 155 cm³/mol. The number of nitrogens with zero attached hydrogens (tertiary/aromatic N) is 2. The summed E-state index contributed by atoms with van der Waals surface area (Å²) < 4.78 is 43.1. The Bertz CT molecular complexity index is 1660. The molecule has 206 valence electrons. The van der Waals surface area contributed by atoms with E-state index in [0.29, 0.717) is 33.6 Å². The number of benzene rings is 2. The predicted octanol–water partition coefficient (Wildman–Crippen LogP) is 4.69. The summed E-state index contributed by atoms with van der Waals surface area (Å²) in [5.74, 6) is 1.14. The average Bonchev–Trinajstić information content (AvgIpc) is 3.57. The molecule has 1 saturated heterocycles. The normalized spacial score (nSPS) is 16.9. The van der Waals surface area contributed by atoms with Crippen LogP contribution in [0, 0.1) is 0 Å². The summed E-state index contributed by atoms with van der Waals surface area (Å²) in [7, 11) is -0.775. The van der Waals surface area contributed by atoms with E-state index in [4.69, 9.17) is 26.1 Å². The molecule has 4 aromatic rings. The summed E-state index contributed by atoms with van der Waals surface area (Å²) >= 11 is 5.77. The van der Waals surface area contributed by atoms with Gasteiger partial charge < -0.3 is 24.1 Å². The van der Waals surface area contributed by atoms with Crippen molar-refractivity contribution in [3.05, 3.63) is 96.0 Å². The average molecular weight is 579 g/mol. The first-order valence-corrected chi connectivity index (χ1v) is 14.4. The van der Waals surface area contributed by atoms with Crippen LogP contribution in [0.5, 0.6) is 5.75 Å². The molecular formula is C28H26N4O6S2. The number of carbonyl (C=O) groups is 1. The molecule has 3 heterocycles. The van der Waals surface area contributed by atoms with Crippen LogP contribution in [-0.4, -0.2) is 45.0 Å². The molecule has 0 radical (unpaired) electrons. The first-order valence-electron chi connectivity index (χ1n) is 12.1. The number of methoxy groups -OCH3 is 2. The molecule has 10 nitrogen and oxygen atoms in total. The van der Waals surface area contributed by atoms with Crippen molar-refractivity contribution in [1.29, 1.82) is 0 Å². The van der Waals surface area contributed by atoms with Gasteiger partial charge >= 0.3 is 5.97 Å². The number of furan rings is 1. The second kappa shape index (κ2) is 11.0. The molecule has 1 fully saturated rings. The molecule has 2 atom stereocenters. The molecule has 2 aromatic carbocycles. The van der Waals surface area contributed by atoms with Crippen LogP contribution in [-0.2, 0) is 14.8 Å². The number of esters is 1. The molecule has 0 amide bonds. The van der Waals surface area contributed by atoms with Crippen molar-refractivity contribution in [2.75, 3.05) is 30.1 Å². The Morgan fingerprint density at radius 1 is 1.07 bits per heavy atom. The lowest BCUT2D eigenvalue weighted by Crippen LogP contribution is -2.29. The Labute approximate surface area is 237 Å². The lowest BCUT2D eigenvalue weighted by molar-refractivity contribution is 0.0600. The molecule has 0 saturated carbocycles. The van der Waals surface area contributed by atoms with Gasteiger partial charge in [-0.25, -0.2) is 13.2 Å². The number of pyridine rings is 1. The van der Waals surface area contributed by atoms with Gasteiger partial charge in [0.25, 0.3) is 0 Å². The number of thiocarbonyl (C=S) groups is 1. The summed E-state index contributed by atoms with van der Waals surface area (Å²) in [6, 6.07) is 20.5. The van der Waals surface area contributed by atoms with Gasteiger partial charge in [0.2, 0.25) is 10.0 Å². The Morgan fingerprint density at radius 2 is 1.85 bits per heavy atom. The van der Waals surface area contributed by atoms with Gasteiger partial charge in [-0.05, 0) is 66.8 Å². The van der Waals surface area contributed by atoms with E-state index in [1.807, 2.05) is 35.2 Å². The van der Waals surface area contributed by atoms with Crippen molar-refractivity contribution in [1.82, 2.24) is 10.3 Å². The van der Waals surface area contributed by atoms with Crippen LogP contribution in [0.2, 0.25) is 0 Å². The van der Waals surface area contributed by atoms with Crippen LogP contribution in [0.3, 0.4) is 0 Å². The molecule has 1 aliphatic heterocycles. The van der Waals surface area contributed by atoms with Crippen LogP contribution >= 0.6 is 12.2 Å². The summed E-state index contributed by atoms with van der Waals surface area (Å²) in [6.45, 7) is 0. The molecule has 1 aliphatic rings. The molecule has 40 heavy (non-hydrogen) atoms. The number of ether oxygens (including phenoxy) is 2. The van der Waals surface area contributed by atoms with Gasteiger partial charge in [-0.2, -0.15) is 0 Å². The van der Waals surface area contributed by atoms with Gasteiger partial charge in [0.05, 0.1) is 43.5 Å². The van der Waals surface area contributed by atoms with Gasteiger partial charge in [-0.1, -0.05) is 18.2 Å². The largest absolute Gasteiger partial charge is 0.495 e. The first-order chi connectivity index (χ1) is 19.2. The number of carbonyl (C=O) groups excluding carboxylic acids is 1. The van der Waals surface area contributed by atoms with Gasteiger partial charge in [0.15, 0.2) is 5.11 Å². The van der Waals surface area contributed by atoms with Crippen molar-refractivity contribution in [2.45, 2.75) is 12.1 Å². The lowest BCUT2D eigenvalue weighted by Gasteiger charge is -2.27. The Balaban J connectivity index is 1.57. The molecular weight excluding hydrogens is 552 g/mol. The Hall–Kier alpha value is -4.42. The zero-order valence-corrected chi connectivity index (χ0v) is 23.5. The zero-order chi connectivity index (χ0) is 28.4. The van der Waals surface area contributed by atoms with Gasteiger partial charge in [-0.15, -0.1) is 0 Å². The third-order valence-corrected chi connectivity index (χ3v) is 7.27. The monoisotopic (exact) mass is 578 g/mol. The lowest BCUT2D eigenvalue weighted by atomic mass is 10.0. The summed E-state index contributed by atoms with van der Waals surface area (Å²) in [5.41, 5.74) is 2.85. The fraction of sp³-hybridized carbons (Fsp3) is 0.179. The SMILES string of the molecule is COC(=O)c1ccc(-c2ccc([C@@H]3[C@@H](c4ccccn4)NC(=S)N3c3ccc(OC)c(NS(C)(=O)=O)c3)o2)cc1. The highest BCUT2D eigenvalue weighted by molar-refractivity contribution is 7.92. The minimum Gasteiger partial charge on any atom is -0.495 e. The van der Waals surface area contributed by atoms with E-state index < -0.39 is 22.0 Å². The second-order valence-corrected chi connectivity index (χ2v) is 11.2. The van der Waals surface area contributed by atoms with Crippen molar-refractivity contribution >= 4 is 44.7 Å². The number of sulfonamides is 1. The van der Waals surface area contributed by atoms with Crippen molar-refractivity contribution in [3.63, 3.8) is 0 Å². The maximum absolute atomic E-state index is 12.0. The van der Waals surface area contributed by atoms with E-state index in [0.717, 1.165) is 17.5 Å². The molecule has 0 spiro atoms. The van der Waals surface area contributed by atoms with Crippen LogP contribution in [0.25, 0.3) is 11.3 Å². The smallest absolute Gasteiger partial charge is 0.337 e. The van der Waals surface area contributed by atoms with Crippen LogP contribution in [0.4, 0.5) is 11.4 Å². The standard InChI is InChI=1S/C28H26N4O6S2/c1-36-23-12-11-19(16-21(23)31-40(3,34)35)32-26(25(30-28(32)39)20-6-4-5-15-29-20)24-14-13-22(38-24)17-7-9-18(10-8-17)27(33)37-2/h4-16,25-26,31H,1-3H3,(H,30,39)/t25-,26-/m1/s1. The van der Waals surface area contributed by atoms with E-state index in [1.165, 1.54) is 14.2 Å². The Morgan fingerprint density at radius 3 is 2.50 bits per heavy atom. The van der Waals surface area contributed by atoms with E-state index in [1.54, 1.807) is 48.7 Å². The van der Waals surface area contributed by atoms with E-state index in [9.17, 15) is 13.2 Å². The third-order valence-electron chi connectivity index (χ3n) is 6.36. The first kappa shape index (κ1) is 27.2. The van der Waals surface area contributed by atoms with E-state index >= 15 is 0 Å². The highest BCUT2D eigenvalue weighted by Crippen LogP contribution is 2.44. The summed E-state index contributed by atoms with van der Waals surface area (Å²) in [6.07, 6.45) is 2.78. The molecule has 12 heteroatoms. The molecule has 2 N–H and O–H groups in total. The maximum atomic E-state index is 12.0. The fourth-order valence-corrected chi connectivity index (χ4v) is 5.51. The highest BCUT2D eigenvalue weighted by atomic mass is 32.2. The van der Waals surface area contributed by atoms with Gasteiger partial charge in [0, 0.05) is 17.4 Å². The van der Waals surface area contributed by atoms with Crippen molar-refractivity contribution < 1.29 is 27.1 Å². The second-order valence-electron chi connectivity index (χ2n) is 9.03. The molecule has 5 rings (SSSR count). The van der Waals surface area contributed by atoms with E-state index in [2.05, 4.69) is 15.0 Å². The van der Waals surface area contributed by atoms with Gasteiger partial charge in [0.1, 0.15) is 23.3 Å². The van der Waals surface area contributed by atoms with E-state index in [-0.39, 0.29) is 11.7 Å².